The molecule has 4 aromatic heterocycles. The van der Waals surface area contributed by atoms with Crippen molar-refractivity contribution in [2.75, 3.05) is 0 Å². The first kappa shape index (κ1) is 33.2. The van der Waals surface area contributed by atoms with E-state index in [0.717, 1.165) is 66.3 Å². The van der Waals surface area contributed by atoms with Gasteiger partial charge in [0.2, 0.25) is 0 Å². The van der Waals surface area contributed by atoms with Crippen LogP contribution in [0.1, 0.15) is 25.0 Å². The van der Waals surface area contributed by atoms with Crippen molar-refractivity contribution in [3.05, 3.63) is 181 Å². The van der Waals surface area contributed by atoms with Crippen LogP contribution in [0.15, 0.2) is 179 Å². The van der Waals surface area contributed by atoms with Crippen LogP contribution in [0.4, 0.5) is 0 Å². The lowest BCUT2D eigenvalue weighted by molar-refractivity contribution is 0.661. The van der Waals surface area contributed by atoms with Gasteiger partial charge in [-0.25, -0.2) is 15.0 Å². The second-order valence-electron chi connectivity index (χ2n) is 16.4. The third kappa shape index (κ3) is 4.67. The van der Waals surface area contributed by atoms with Gasteiger partial charge in [-0.3, -0.25) is 0 Å². The fourth-order valence-corrected chi connectivity index (χ4v) is 9.79. The number of hydrogen-bond acceptors (Lipinski definition) is 5. The van der Waals surface area contributed by atoms with E-state index in [0.29, 0.717) is 17.5 Å². The van der Waals surface area contributed by atoms with Crippen molar-refractivity contribution in [3.8, 4) is 51.0 Å². The molecular weight excluding hydrogens is 737 g/mol. The fraction of sp³-hybridized carbons (Fsp3) is 0.0556. The summed E-state index contributed by atoms with van der Waals surface area (Å²) in [6, 6.07) is 59.5. The molecule has 0 aliphatic heterocycles. The van der Waals surface area contributed by atoms with Crippen LogP contribution in [0.25, 0.3) is 117 Å². The summed E-state index contributed by atoms with van der Waals surface area (Å²) in [6.07, 6.45) is 0. The Morgan fingerprint density at radius 2 is 1.05 bits per heavy atom. The molecule has 0 saturated heterocycles. The van der Waals surface area contributed by atoms with Gasteiger partial charge in [-0.1, -0.05) is 117 Å². The Bertz CT molecular complexity index is 3760. The Morgan fingerprint density at radius 1 is 0.400 bits per heavy atom. The van der Waals surface area contributed by atoms with E-state index in [9.17, 15) is 0 Å². The predicted octanol–water partition coefficient (Wildman–Crippen LogP) is 14.1. The van der Waals surface area contributed by atoms with Gasteiger partial charge in [-0.15, -0.1) is 0 Å². The monoisotopic (exact) mass is 770 g/mol. The van der Waals surface area contributed by atoms with Crippen molar-refractivity contribution in [1.82, 2.24) is 19.5 Å². The summed E-state index contributed by atoms with van der Waals surface area (Å²) in [5, 5.41) is 6.50. The van der Waals surface area contributed by atoms with Gasteiger partial charge in [0.1, 0.15) is 22.3 Å². The molecule has 6 nitrogen and oxygen atoms in total. The van der Waals surface area contributed by atoms with Gasteiger partial charge < -0.3 is 13.4 Å². The number of benzene rings is 8. The zero-order valence-electron chi connectivity index (χ0n) is 32.8. The van der Waals surface area contributed by atoms with Gasteiger partial charge >= 0.3 is 0 Å². The number of fused-ring (bicyclic) bond motifs is 12. The number of para-hydroxylation sites is 2. The lowest BCUT2D eigenvalue weighted by atomic mass is 9.82. The van der Waals surface area contributed by atoms with Crippen LogP contribution in [0.5, 0.6) is 0 Å². The normalized spacial score (nSPS) is 13.3. The van der Waals surface area contributed by atoms with Crippen molar-refractivity contribution < 1.29 is 8.83 Å². The minimum absolute atomic E-state index is 0.114. The first-order valence-corrected chi connectivity index (χ1v) is 20.3. The summed E-state index contributed by atoms with van der Waals surface area (Å²) in [4.78, 5) is 15.4. The second-order valence-corrected chi connectivity index (χ2v) is 16.4. The minimum Gasteiger partial charge on any atom is -0.456 e. The highest BCUT2D eigenvalue weighted by Gasteiger charge is 2.36. The van der Waals surface area contributed by atoms with Gasteiger partial charge in [-0.2, -0.15) is 0 Å². The van der Waals surface area contributed by atoms with Gasteiger partial charge in [-0.05, 0) is 89.0 Å². The number of aromatic nitrogens is 4. The highest BCUT2D eigenvalue weighted by Crippen LogP contribution is 2.51. The van der Waals surface area contributed by atoms with Crippen LogP contribution in [0, 0.1) is 0 Å². The predicted molar refractivity (Wildman–Crippen MR) is 243 cm³/mol. The highest BCUT2D eigenvalue weighted by molar-refractivity contribution is 6.14. The number of furan rings is 2. The Hall–Kier alpha value is -7.83. The van der Waals surface area contributed by atoms with Crippen LogP contribution in [-0.4, -0.2) is 19.5 Å². The van der Waals surface area contributed by atoms with E-state index < -0.39 is 0 Å². The van der Waals surface area contributed by atoms with E-state index in [1.807, 2.05) is 72.8 Å². The zero-order valence-corrected chi connectivity index (χ0v) is 32.8. The average molecular weight is 771 g/mol. The molecule has 4 heterocycles. The van der Waals surface area contributed by atoms with E-state index in [2.05, 4.69) is 115 Å². The molecular formula is C54H34N4O2. The highest BCUT2D eigenvalue weighted by atomic mass is 16.3. The van der Waals surface area contributed by atoms with Crippen molar-refractivity contribution in [2.45, 2.75) is 19.3 Å². The molecule has 0 radical (unpaired) electrons. The lowest BCUT2D eigenvalue weighted by Gasteiger charge is -2.21. The summed E-state index contributed by atoms with van der Waals surface area (Å²) in [5.74, 6) is 1.76. The van der Waals surface area contributed by atoms with Gasteiger partial charge in [0.25, 0.3) is 0 Å². The minimum atomic E-state index is -0.114. The number of hydrogen-bond donors (Lipinski definition) is 0. The van der Waals surface area contributed by atoms with E-state index in [4.69, 9.17) is 23.8 Å². The molecule has 0 N–H and O–H groups in total. The van der Waals surface area contributed by atoms with E-state index in [1.165, 1.54) is 44.1 Å². The molecule has 12 aromatic rings. The Balaban J connectivity index is 1.00. The second kappa shape index (κ2) is 12.1. The molecule has 0 spiro atoms. The average Bonchev–Trinajstić information content (AvgIpc) is 4.02. The van der Waals surface area contributed by atoms with Crippen LogP contribution in [0.2, 0.25) is 0 Å². The molecule has 60 heavy (non-hydrogen) atoms. The Kier molecular flexibility index (Phi) is 6.69. The van der Waals surface area contributed by atoms with Gasteiger partial charge in [0, 0.05) is 60.1 Å². The molecule has 8 aromatic carbocycles. The molecule has 0 unspecified atom stereocenters. The number of nitrogens with zero attached hydrogens (tertiary/aromatic N) is 4. The Morgan fingerprint density at radius 3 is 1.93 bits per heavy atom. The maximum atomic E-state index is 6.51. The van der Waals surface area contributed by atoms with Crippen LogP contribution < -0.4 is 0 Å². The van der Waals surface area contributed by atoms with Crippen LogP contribution in [0.3, 0.4) is 0 Å². The molecule has 282 valence electrons. The van der Waals surface area contributed by atoms with Gasteiger partial charge in [0.15, 0.2) is 17.5 Å². The summed E-state index contributed by atoms with van der Waals surface area (Å²) < 4.78 is 15.2. The molecule has 0 amide bonds. The van der Waals surface area contributed by atoms with Gasteiger partial charge in [0.05, 0.1) is 11.0 Å². The topological polar surface area (TPSA) is 69.9 Å². The lowest BCUT2D eigenvalue weighted by Crippen LogP contribution is -2.14. The Labute approximate surface area is 344 Å². The molecule has 1 aliphatic rings. The molecule has 0 saturated carbocycles. The molecule has 13 rings (SSSR count). The van der Waals surface area contributed by atoms with E-state index in [1.54, 1.807) is 0 Å². The van der Waals surface area contributed by atoms with E-state index in [-0.39, 0.29) is 5.41 Å². The standard InChI is InChI=1S/C54H34N4O2/c1-54(2)42-19-9-6-15-34(42)38-29-39-35-16-7-10-20-44(35)58(45(39)30-43(38)54)33-24-26-48-41(28-33)40-27-32(23-25-47(40)59-48)52-55-51(31-13-4-3-5-14-31)56-53(57-52)37-18-12-22-49-50(37)36-17-8-11-21-46(36)60-49/h3-30H,1-2H3. The maximum Gasteiger partial charge on any atom is 0.164 e. The fourth-order valence-electron chi connectivity index (χ4n) is 9.79. The molecule has 0 fully saturated rings. The quantitative estimate of drug-likeness (QED) is 0.178. The molecule has 0 atom stereocenters. The SMILES string of the molecule is CC1(C)c2ccccc2-c2cc3c4ccccc4n(-c4ccc5oc6ccc(-c7nc(-c8ccccc8)nc(-c8cccc9oc%10ccccc%10c89)n7)cc6c5c4)c3cc21. The van der Waals surface area contributed by atoms with E-state index >= 15 is 0 Å². The largest absolute Gasteiger partial charge is 0.456 e. The summed E-state index contributed by atoms with van der Waals surface area (Å²) in [7, 11) is 0. The molecule has 6 heteroatoms. The first-order chi connectivity index (χ1) is 29.5. The van der Waals surface area contributed by atoms with Crippen molar-refractivity contribution in [3.63, 3.8) is 0 Å². The molecule has 0 bridgehead atoms. The zero-order chi connectivity index (χ0) is 39.7. The van der Waals surface area contributed by atoms with Crippen molar-refractivity contribution in [2.24, 2.45) is 0 Å². The summed E-state index contributed by atoms with van der Waals surface area (Å²) >= 11 is 0. The third-order valence-corrected chi connectivity index (χ3v) is 12.7. The van der Waals surface area contributed by atoms with Crippen molar-refractivity contribution >= 4 is 65.7 Å². The van der Waals surface area contributed by atoms with Crippen LogP contribution in [-0.2, 0) is 5.41 Å². The summed E-state index contributed by atoms with van der Waals surface area (Å²) in [6.45, 7) is 4.69. The summed E-state index contributed by atoms with van der Waals surface area (Å²) in [5.41, 5.74) is 14.6. The number of rotatable bonds is 4. The first-order valence-electron chi connectivity index (χ1n) is 20.3. The van der Waals surface area contributed by atoms with Crippen molar-refractivity contribution in [1.29, 1.82) is 0 Å². The van der Waals surface area contributed by atoms with Crippen LogP contribution >= 0.6 is 0 Å². The third-order valence-electron chi connectivity index (χ3n) is 12.7. The smallest absolute Gasteiger partial charge is 0.164 e. The molecule has 1 aliphatic carbocycles. The maximum absolute atomic E-state index is 6.51.